The summed E-state index contributed by atoms with van der Waals surface area (Å²) in [5, 5.41) is 10.0. The van der Waals surface area contributed by atoms with Gasteiger partial charge in [0, 0.05) is 0 Å². The van der Waals surface area contributed by atoms with Gasteiger partial charge in [-0.25, -0.2) is 0 Å². The van der Waals surface area contributed by atoms with Crippen LogP contribution in [0.4, 0.5) is 0 Å². The molecule has 0 unspecified atom stereocenters. The van der Waals surface area contributed by atoms with E-state index >= 15 is 0 Å². The van der Waals surface area contributed by atoms with E-state index in [0.717, 1.165) is 24.0 Å². The van der Waals surface area contributed by atoms with Crippen molar-refractivity contribution in [1.82, 2.24) is 0 Å². The minimum Gasteiger partial charge on any atom is -0.390 e. The van der Waals surface area contributed by atoms with Crippen molar-refractivity contribution in [3.05, 3.63) is 35.5 Å². The molecule has 3 atom stereocenters. The topological polar surface area (TPSA) is 38.7 Å². The smallest absolute Gasteiger partial charge is 0.163 e. The fourth-order valence-electron chi connectivity index (χ4n) is 6.20. The number of fused-ring (bicyclic) bond motifs is 1. The Hall–Kier alpha value is -0.900. The van der Waals surface area contributed by atoms with E-state index in [4.69, 9.17) is 9.47 Å². The third-order valence-corrected chi connectivity index (χ3v) is 8.63. The zero-order valence-corrected chi connectivity index (χ0v) is 21.0. The zero-order valence-electron chi connectivity index (χ0n) is 21.0. The van der Waals surface area contributed by atoms with E-state index in [2.05, 4.69) is 32.6 Å². The van der Waals surface area contributed by atoms with Gasteiger partial charge in [0.15, 0.2) is 5.79 Å². The van der Waals surface area contributed by atoms with Crippen LogP contribution in [0.3, 0.4) is 0 Å². The molecule has 31 heavy (non-hydrogen) atoms. The Morgan fingerprint density at radius 3 is 2.48 bits per heavy atom. The molecule has 1 aliphatic heterocycles. The lowest BCUT2D eigenvalue weighted by Gasteiger charge is -2.48. The molecule has 0 aromatic carbocycles. The number of rotatable bonds is 6. The van der Waals surface area contributed by atoms with Crippen LogP contribution in [-0.2, 0) is 9.47 Å². The first-order valence-corrected chi connectivity index (χ1v) is 12.4. The normalized spacial score (nSPS) is 36.6. The maximum atomic E-state index is 10.0. The van der Waals surface area contributed by atoms with Crippen molar-refractivity contribution in [2.24, 2.45) is 16.7 Å². The fourth-order valence-corrected chi connectivity index (χ4v) is 6.20. The molecule has 1 heterocycles. The van der Waals surface area contributed by atoms with Gasteiger partial charge in [-0.2, -0.15) is 0 Å². The average molecular weight is 431 g/mol. The van der Waals surface area contributed by atoms with Crippen LogP contribution in [0.15, 0.2) is 35.5 Å². The van der Waals surface area contributed by atoms with E-state index in [1.165, 1.54) is 44.9 Å². The van der Waals surface area contributed by atoms with Crippen molar-refractivity contribution >= 4 is 0 Å². The largest absolute Gasteiger partial charge is 0.390 e. The highest BCUT2D eigenvalue weighted by atomic mass is 16.7. The van der Waals surface area contributed by atoms with Gasteiger partial charge >= 0.3 is 0 Å². The predicted molar refractivity (Wildman–Crippen MR) is 129 cm³/mol. The highest BCUT2D eigenvalue weighted by Crippen LogP contribution is 2.65. The Kier molecular flexibility index (Phi) is 7.30. The first kappa shape index (κ1) is 24.7. The van der Waals surface area contributed by atoms with E-state index in [-0.39, 0.29) is 0 Å². The Balaban J connectivity index is 1.71. The molecule has 3 aliphatic rings. The SMILES string of the molecule is C=C1COC(C)(C)OC/C1=C/C=C1\CCC[C@]2(C)[C@@H]1CC[C@@]2(C)CCCCC(C)(C)O. The summed E-state index contributed by atoms with van der Waals surface area (Å²) in [7, 11) is 0. The second-order valence-electron chi connectivity index (χ2n) is 12.0. The maximum absolute atomic E-state index is 10.0. The summed E-state index contributed by atoms with van der Waals surface area (Å²) < 4.78 is 11.7. The fraction of sp³-hybridized carbons (Fsp3) is 0.786. The molecule has 1 N–H and O–H groups in total. The molecule has 0 radical (unpaired) electrons. The van der Waals surface area contributed by atoms with Crippen molar-refractivity contribution in [3.8, 4) is 0 Å². The number of aliphatic hydroxyl groups is 1. The average Bonchev–Trinajstić information content (AvgIpc) is 2.86. The Labute approximate surface area is 191 Å². The van der Waals surface area contributed by atoms with Gasteiger partial charge < -0.3 is 14.6 Å². The van der Waals surface area contributed by atoms with Crippen LogP contribution >= 0.6 is 0 Å². The molecule has 2 aliphatic carbocycles. The lowest BCUT2D eigenvalue weighted by molar-refractivity contribution is -0.195. The summed E-state index contributed by atoms with van der Waals surface area (Å²) in [6.07, 6.45) is 15.6. The summed E-state index contributed by atoms with van der Waals surface area (Å²) in [5.41, 5.74) is 4.06. The molecule has 0 amide bonds. The van der Waals surface area contributed by atoms with Crippen LogP contribution in [0.5, 0.6) is 0 Å². The van der Waals surface area contributed by atoms with Crippen molar-refractivity contribution in [2.45, 2.75) is 111 Å². The van der Waals surface area contributed by atoms with Crippen molar-refractivity contribution in [2.75, 3.05) is 13.2 Å². The van der Waals surface area contributed by atoms with E-state index < -0.39 is 11.4 Å². The molecule has 0 aromatic heterocycles. The molecule has 2 saturated carbocycles. The molecular formula is C28H46O3. The summed E-state index contributed by atoms with van der Waals surface area (Å²) in [6.45, 7) is 18.2. The van der Waals surface area contributed by atoms with Gasteiger partial charge in [-0.1, -0.05) is 51.0 Å². The number of hydrogen-bond acceptors (Lipinski definition) is 3. The Morgan fingerprint density at radius 2 is 1.77 bits per heavy atom. The highest BCUT2D eigenvalue weighted by Gasteiger charge is 2.55. The second-order valence-corrected chi connectivity index (χ2v) is 12.0. The molecule has 1 saturated heterocycles. The van der Waals surface area contributed by atoms with E-state index in [0.29, 0.717) is 30.0 Å². The van der Waals surface area contributed by atoms with Crippen LogP contribution in [0, 0.1) is 16.7 Å². The molecular weight excluding hydrogens is 384 g/mol. The van der Waals surface area contributed by atoms with Crippen molar-refractivity contribution < 1.29 is 14.6 Å². The number of ether oxygens (including phenoxy) is 2. The third kappa shape index (κ3) is 5.72. The van der Waals surface area contributed by atoms with Crippen LogP contribution in [0.1, 0.15) is 99.3 Å². The second kappa shape index (κ2) is 9.15. The first-order valence-electron chi connectivity index (χ1n) is 12.4. The molecule has 0 bridgehead atoms. The van der Waals surface area contributed by atoms with Crippen molar-refractivity contribution in [3.63, 3.8) is 0 Å². The Bertz CT molecular complexity index is 723. The summed E-state index contributed by atoms with van der Waals surface area (Å²) in [5.74, 6) is 0.137. The lowest BCUT2D eigenvalue weighted by Crippen LogP contribution is -2.40. The first-order chi connectivity index (χ1) is 14.4. The summed E-state index contributed by atoms with van der Waals surface area (Å²) in [4.78, 5) is 0. The standard InChI is InChI=1S/C28H46O3/c1-21-19-30-26(4,5)31-20-23(21)13-12-22-11-10-17-28(7)24(22)14-18-27(28,6)16-9-8-15-25(2,3)29/h12-13,24,29H,1,8-11,14-20H2,2-7H3/b22-12+,23-13-/t24-,27-,28-/m1/s1. The third-order valence-electron chi connectivity index (χ3n) is 8.63. The zero-order chi connectivity index (χ0) is 22.9. The quantitative estimate of drug-likeness (QED) is 0.456. The molecule has 3 heteroatoms. The number of allylic oxidation sites excluding steroid dienone is 3. The molecule has 0 spiro atoms. The van der Waals surface area contributed by atoms with Gasteiger partial charge in [0.05, 0.1) is 18.8 Å². The molecule has 0 aromatic rings. The van der Waals surface area contributed by atoms with Gasteiger partial charge in [0.1, 0.15) is 0 Å². The van der Waals surface area contributed by atoms with Gasteiger partial charge in [-0.3, -0.25) is 0 Å². The highest BCUT2D eigenvalue weighted by molar-refractivity contribution is 5.35. The molecule has 3 nitrogen and oxygen atoms in total. The van der Waals surface area contributed by atoms with Gasteiger partial charge in [0.25, 0.3) is 0 Å². The molecule has 176 valence electrons. The van der Waals surface area contributed by atoms with Gasteiger partial charge in [-0.15, -0.1) is 0 Å². The minimum absolute atomic E-state index is 0.381. The minimum atomic E-state index is -0.548. The van der Waals surface area contributed by atoms with Gasteiger partial charge in [0.2, 0.25) is 0 Å². The predicted octanol–water partition coefficient (Wildman–Crippen LogP) is 7.12. The van der Waals surface area contributed by atoms with Crippen molar-refractivity contribution in [1.29, 1.82) is 0 Å². The van der Waals surface area contributed by atoms with E-state index in [9.17, 15) is 5.11 Å². The van der Waals surface area contributed by atoms with E-state index in [1.54, 1.807) is 5.57 Å². The molecule has 3 fully saturated rings. The summed E-state index contributed by atoms with van der Waals surface area (Å²) >= 11 is 0. The number of unbranched alkanes of at least 4 members (excludes halogenated alkanes) is 1. The monoisotopic (exact) mass is 430 g/mol. The van der Waals surface area contributed by atoms with Crippen LogP contribution in [-0.4, -0.2) is 29.7 Å². The molecule has 3 rings (SSSR count). The lowest BCUT2D eigenvalue weighted by atomic mass is 9.56. The summed E-state index contributed by atoms with van der Waals surface area (Å²) in [6, 6.07) is 0. The Morgan fingerprint density at radius 1 is 1.06 bits per heavy atom. The maximum Gasteiger partial charge on any atom is 0.163 e. The van der Waals surface area contributed by atoms with Crippen LogP contribution in [0.25, 0.3) is 0 Å². The van der Waals surface area contributed by atoms with Crippen LogP contribution < -0.4 is 0 Å². The van der Waals surface area contributed by atoms with E-state index in [1.807, 2.05) is 27.7 Å². The number of hydrogen-bond donors (Lipinski definition) is 1. The van der Waals surface area contributed by atoms with Gasteiger partial charge in [-0.05, 0) is 101 Å². The van der Waals surface area contributed by atoms with Crippen LogP contribution in [0.2, 0.25) is 0 Å².